The van der Waals surface area contributed by atoms with Crippen LogP contribution in [0.5, 0.6) is 0 Å². The Balaban J connectivity index is 2.78. The smallest absolute Gasteiger partial charge is 0.307 e. The monoisotopic (exact) mass is 210 g/mol. The molecule has 1 aromatic rings. The fourth-order valence-electron chi connectivity index (χ4n) is 1.16. The van der Waals surface area contributed by atoms with E-state index < -0.39 is 5.97 Å². The Morgan fingerprint density at radius 2 is 2.29 bits per heavy atom. The van der Waals surface area contributed by atoms with Crippen molar-refractivity contribution in [3.63, 3.8) is 0 Å². The van der Waals surface area contributed by atoms with Crippen molar-refractivity contribution in [2.24, 2.45) is 0 Å². The molecular weight excluding hydrogens is 200 g/mol. The van der Waals surface area contributed by atoms with Crippen LogP contribution < -0.4 is 0 Å². The quantitative estimate of drug-likeness (QED) is 0.776. The summed E-state index contributed by atoms with van der Waals surface area (Å²) in [5.74, 6) is -0.355. The molecule has 1 aromatic carbocycles. The maximum Gasteiger partial charge on any atom is 0.307 e. The standard InChI is InChI=1S/C11H11ClO2/c12-6-2-5-9-3-1-4-10(7-9)8-11(13)14/h1-5,7H,6,8H2,(H,13,14). The van der Waals surface area contributed by atoms with Gasteiger partial charge in [0.1, 0.15) is 0 Å². The highest BCUT2D eigenvalue weighted by atomic mass is 35.5. The number of carboxylic acids is 1. The second-order valence-corrected chi connectivity index (χ2v) is 3.18. The third kappa shape index (κ3) is 3.62. The van der Waals surface area contributed by atoms with Crippen molar-refractivity contribution < 1.29 is 9.90 Å². The molecule has 0 bridgehead atoms. The molecule has 0 unspecified atom stereocenters. The number of benzene rings is 1. The number of carboxylic acid groups (broad SMARTS) is 1. The molecule has 0 heterocycles. The summed E-state index contributed by atoms with van der Waals surface area (Å²) in [4.78, 5) is 10.5. The van der Waals surface area contributed by atoms with Gasteiger partial charge in [0.05, 0.1) is 6.42 Å². The van der Waals surface area contributed by atoms with Crippen LogP contribution in [0.1, 0.15) is 11.1 Å². The molecule has 1 N–H and O–H groups in total. The zero-order chi connectivity index (χ0) is 10.4. The predicted molar refractivity (Wildman–Crippen MR) is 57.5 cm³/mol. The van der Waals surface area contributed by atoms with Crippen LogP contribution in [0.25, 0.3) is 6.08 Å². The highest BCUT2D eigenvalue weighted by Crippen LogP contribution is 2.08. The van der Waals surface area contributed by atoms with Crippen LogP contribution in [0.15, 0.2) is 30.3 Å². The van der Waals surface area contributed by atoms with Crippen molar-refractivity contribution in [1.82, 2.24) is 0 Å². The van der Waals surface area contributed by atoms with Crippen molar-refractivity contribution in [3.05, 3.63) is 41.5 Å². The van der Waals surface area contributed by atoms with Gasteiger partial charge in [-0.2, -0.15) is 0 Å². The number of alkyl halides is 1. The molecule has 1 rings (SSSR count). The SMILES string of the molecule is O=C(O)Cc1cccc(C=CCCl)c1. The van der Waals surface area contributed by atoms with Gasteiger partial charge in [0.25, 0.3) is 0 Å². The van der Waals surface area contributed by atoms with Crippen LogP contribution in [-0.2, 0) is 11.2 Å². The van der Waals surface area contributed by atoms with Gasteiger partial charge in [-0.05, 0) is 11.1 Å². The third-order valence-electron chi connectivity index (χ3n) is 1.71. The molecule has 0 aromatic heterocycles. The Morgan fingerprint density at radius 3 is 2.93 bits per heavy atom. The van der Waals surface area contributed by atoms with Crippen molar-refractivity contribution in [2.75, 3.05) is 5.88 Å². The first-order valence-electron chi connectivity index (χ1n) is 4.25. The first kappa shape index (κ1) is 10.8. The van der Waals surface area contributed by atoms with Crippen molar-refractivity contribution in [1.29, 1.82) is 0 Å². The maximum atomic E-state index is 10.5. The lowest BCUT2D eigenvalue weighted by Crippen LogP contribution is -1.99. The minimum Gasteiger partial charge on any atom is -0.481 e. The summed E-state index contributed by atoms with van der Waals surface area (Å²) in [6, 6.07) is 7.39. The van der Waals surface area contributed by atoms with Crippen molar-refractivity contribution in [2.45, 2.75) is 6.42 Å². The van der Waals surface area contributed by atoms with Gasteiger partial charge in [0, 0.05) is 5.88 Å². The largest absolute Gasteiger partial charge is 0.481 e. The number of allylic oxidation sites excluding steroid dienone is 1. The van der Waals surface area contributed by atoms with Gasteiger partial charge in [0.2, 0.25) is 0 Å². The van der Waals surface area contributed by atoms with Crippen LogP contribution >= 0.6 is 11.6 Å². The molecule has 0 saturated heterocycles. The average molecular weight is 211 g/mol. The number of carbonyl (C=O) groups is 1. The Bertz CT molecular complexity index is 345. The van der Waals surface area contributed by atoms with E-state index in [-0.39, 0.29) is 6.42 Å². The van der Waals surface area contributed by atoms with Gasteiger partial charge < -0.3 is 5.11 Å². The molecule has 0 aliphatic rings. The predicted octanol–water partition coefficient (Wildman–Crippen LogP) is 2.57. The first-order valence-corrected chi connectivity index (χ1v) is 4.79. The zero-order valence-corrected chi connectivity index (χ0v) is 8.37. The second-order valence-electron chi connectivity index (χ2n) is 2.87. The Labute approximate surface area is 87.8 Å². The summed E-state index contributed by atoms with van der Waals surface area (Å²) >= 11 is 5.49. The van der Waals surface area contributed by atoms with Crippen LogP contribution in [0.4, 0.5) is 0 Å². The number of hydrogen-bond donors (Lipinski definition) is 1. The summed E-state index contributed by atoms with van der Waals surface area (Å²) < 4.78 is 0. The minimum atomic E-state index is -0.816. The molecule has 0 aliphatic heterocycles. The molecule has 0 aliphatic carbocycles. The van der Waals surface area contributed by atoms with Gasteiger partial charge >= 0.3 is 5.97 Å². The minimum absolute atomic E-state index is 0.0581. The van der Waals surface area contributed by atoms with E-state index in [2.05, 4.69) is 0 Å². The lowest BCUT2D eigenvalue weighted by atomic mass is 10.1. The van der Waals surface area contributed by atoms with E-state index in [1.165, 1.54) is 0 Å². The molecule has 74 valence electrons. The van der Waals surface area contributed by atoms with Crippen molar-refractivity contribution in [3.8, 4) is 0 Å². The molecule has 0 spiro atoms. The van der Waals surface area contributed by atoms with Crippen LogP contribution in [0, 0.1) is 0 Å². The van der Waals surface area contributed by atoms with Gasteiger partial charge in [-0.3, -0.25) is 4.79 Å². The highest BCUT2D eigenvalue weighted by Gasteiger charge is 1.99. The fraction of sp³-hybridized carbons (Fsp3) is 0.182. The van der Waals surface area contributed by atoms with Crippen molar-refractivity contribution >= 4 is 23.6 Å². The summed E-state index contributed by atoms with van der Waals surface area (Å²) in [7, 11) is 0. The van der Waals surface area contributed by atoms with E-state index in [9.17, 15) is 4.79 Å². The summed E-state index contributed by atoms with van der Waals surface area (Å²) in [6.45, 7) is 0. The maximum absolute atomic E-state index is 10.5. The average Bonchev–Trinajstić information content (AvgIpc) is 2.14. The van der Waals surface area contributed by atoms with E-state index in [0.717, 1.165) is 11.1 Å². The second kappa shape index (κ2) is 5.45. The normalized spacial score (nSPS) is 10.6. The topological polar surface area (TPSA) is 37.3 Å². The Morgan fingerprint density at radius 1 is 1.50 bits per heavy atom. The van der Waals surface area contributed by atoms with E-state index in [1.807, 2.05) is 30.4 Å². The third-order valence-corrected chi connectivity index (χ3v) is 1.88. The van der Waals surface area contributed by atoms with Crippen LogP contribution in [-0.4, -0.2) is 17.0 Å². The molecule has 0 saturated carbocycles. The van der Waals surface area contributed by atoms with Gasteiger partial charge in [-0.25, -0.2) is 0 Å². The summed E-state index contributed by atoms with van der Waals surface area (Å²) in [5, 5.41) is 8.59. The van der Waals surface area contributed by atoms with E-state index in [1.54, 1.807) is 6.07 Å². The van der Waals surface area contributed by atoms with E-state index in [4.69, 9.17) is 16.7 Å². The number of rotatable bonds is 4. The number of halogens is 1. The van der Waals surface area contributed by atoms with Crippen LogP contribution in [0.2, 0.25) is 0 Å². The summed E-state index contributed by atoms with van der Waals surface area (Å²) in [5.41, 5.74) is 1.78. The van der Waals surface area contributed by atoms with E-state index >= 15 is 0 Å². The summed E-state index contributed by atoms with van der Waals surface area (Å²) in [6.07, 6.45) is 3.75. The Kier molecular flexibility index (Phi) is 4.20. The molecule has 0 fully saturated rings. The molecular formula is C11H11ClO2. The van der Waals surface area contributed by atoms with Gasteiger partial charge in [0.15, 0.2) is 0 Å². The first-order chi connectivity index (χ1) is 6.72. The highest BCUT2D eigenvalue weighted by molar-refractivity contribution is 6.19. The molecule has 0 amide bonds. The zero-order valence-electron chi connectivity index (χ0n) is 7.61. The van der Waals surface area contributed by atoms with Gasteiger partial charge in [-0.1, -0.05) is 36.4 Å². The lowest BCUT2D eigenvalue weighted by molar-refractivity contribution is -0.136. The van der Waals surface area contributed by atoms with Crippen LogP contribution in [0.3, 0.4) is 0 Å². The van der Waals surface area contributed by atoms with E-state index in [0.29, 0.717) is 5.88 Å². The Hall–Kier alpha value is -1.28. The molecule has 0 radical (unpaired) electrons. The molecule has 3 heteroatoms. The molecule has 14 heavy (non-hydrogen) atoms. The molecule has 0 atom stereocenters. The number of aliphatic carboxylic acids is 1. The van der Waals surface area contributed by atoms with Gasteiger partial charge in [-0.15, -0.1) is 11.6 Å². The fourth-order valence-corrected chi connectivity index (χ4v) is 1.25. The lowest BCUT2D eigenvalue weighted by Gasteiger charge is -1.98. The molecule has 2 nitrogen and oxygen atoms in total. The number of hydrogen-bond acceptors (Lipinski definition) is 1.